The zero-order chi connectivity index (χ0) is 23.9. The maximum Gasteiger partial charge on any atom is 0.418 e. The lowest BCUT2D eigenvalue weighted by Gasteiger charge is -2.30. The quantitative estimate of drug-likeness (QED) is 0.452. The highest BCUT2D eigenvalue weighted by Crippen LogP contribution is 2.42. The highest BCUT2D eigenvalue weighted by atomic mass is 19.4. The molecule has 1 heterocycles. The van der Waals surface area contributed by atoms with Gasteiger partial charge in [-0.1, -0.05) is 20.8 Å². The molecular formula is C25H35F3N2O2. The predicted molar refractivity (Wildman–Crippen MR) is 120 cm³/mol. The fourth-order valence-electron chi connectivity index (χ4n) is 4.33. The Hall–Kier alpha value is -1.89. The summed E-state index contributed by atoms with van der Waals surface area (Å²) < 4.78 is 43.6. The molecule has 0 saturated heterocycles. The molecule has 2 aromatic rings. The summed E-state index contributed by atoms with van der Waals surface area (Å²) in [6.45, 7) is 9.09. The second-order valence-corrected chi connectivity index (χ2v) is 10.9. The Bertz CT molecular complexity index is 974. The van der Waals surface area contributed by atoms with E-state index >= 15 is 0 Å². The number of hydrogen-bond acceptors (Lipinski definition) is 3. The van der Waals surface area contributed by atoms with Crippen molar-refractivity contribution in [2.24, 2.45) is 5.41 Å². The number of hydrogen-bond donors (Lipinski definition) is 1. The Morgan fingerprint density at radius 3 is 2.28 bits per heavy atom. The maximum absolute atomic E-state index is 13.9. The third-order valence-corrected chi connectivity index (χ3v) is 6.15. The second kappa shape index (κ2) is 8.81. The van der Waals surface area contributed by atoms with Crippen LogP contribution in [0, 0.1) is 5.41 Å². The monoisotopic (exact) mass is 452 g/mol. The summed E-state index contributed by atoms with van der Waals surface area (Å²) in [6.07, 6.45) is 1.25. The second-order valence-electron chi connectivity index (χ2n) is 10.9. The summed E-state index contributed by atoms with van der Waals surface area (Å²) in [7, 11) is 0. The minimum atomic E-state index is -4.56. The van der Waals surface area contributed by atoms with Crippen molar-refractivity contribution in [2.75, 3.05) is 0 Å². The van der Waals surface area contributed by atoms with Gasteiger partial charge < -0.3 is 9.67 Å². The molecule has 0 amide bonds. The van der Waals surface area contributed by atoms with Gasteiger partial charge in [-0.05, 0) is 69.1 Å². The lowest BCUT2D eigenvalue weighted by atomic mass is 9.88. The van der Waals surface area contributed by atoms with E-state index in [1.54, 1.807) is 6.07 Å². The van der Waals surface area contributed by atoms with Crippen molar-refractivity contribution < 1.29 is 23.1 Å². The zero-order valence-electron chi connectivity index (χ0n) is 19.8. The first-order valence-corrected chi connectivity index (χ1v) is 11.5. The van der Waals surface area contributed by atoms with E-state index in [2.05, 4.69) is 4.98 Å². The minimum absolute atomic E-state index is 0.0402. The van der Waals surface area contributed by atoms with E-state index in [9.17, 15) is 23.1 Å². The lowest BCUT2D eigenvalue weighted by Crippen LogP contribution is -2.21. The number of carbonyl (C=O) groups is 1. The molecule has 1 aromatic heterocycles. The first kappa shape index (κ1) is 24.7. The summed E-state index contributed by atoms with van der Waals surface area (Å²) in [5.74, 6) is 0.866. The summed E-state index contributed by atoms with van der Waals surface area (Å²) in [4.78, 5) is 16.6. The lowest BCUT2D eigenvalue weighted by molar-refractivity contribution is -0.136. The summed E-state index contributed by atoms with van der Waals surface area (Å²) in [5, 5.41) is 10.4. The maximum atomic E-state index is 13.9. The molecule has 1 aliphatic rings. The van der Waals surface area contributed by atoms with Crippen LogP contribution in [0.25, 0.3) is 11.0 Å². The number of halogens is 3. The molecule has 0 unspecified atom stereocenters. The van der Waals surface area contributed by atoms with Crippen LogP contribution < -0.4 is 0 Å². The van der Waals surface area contributed by atoms with Crippen molar-refractivity contribution in [3.05, 3.63) is 29.1 Å². The third-order valence-electron chi connectivity index (χ3n) is 6.15. The molecule has 0 bridgehead atoms. The number of imidazole rings is 1. The van der Waals surface area contributed by atoms with E-state index in [0.717, 1.165) is 25.3 Å². The van der Waals surface area contributed by atoms with Gasteiger partial charge in [-0.3, -0.25) is 4.79 Å². The van der Waals surface area contributed by atoms with Gasteiger partial charge in [-0.2, -0.15) is 13.2 Å². The van der Waals surface area contributed by atoms with Crippen molar-refractivity contribution in [1.82, 2.24) is 9.55 Å². The van der Waals surface area contributed by atoms with Gasteiger partial charge in [-0.25, -0.2) is 4.98 Å². The Balaban J connectivity index is 1.92. The standard InChI is InChI=1S/C25H35F3N2O2/c1-23(2,3)15-18(31)11-6-7-12-21-29-22-19(25(26,27)28)13-16(24(4,5)32)14-20(22)30(21)17-9-8-10-17/h13-14,17,32H,6-12,15H2,1-5H3. The third kappa shape index (κ3) is 5.72. The van der Waals surface area contributed by atoms with Crippen LogP contribution in [0.15, 0.2) is 12.1 Å². The molecule has 0 spiro atoms. The Labute approximate surface area is 188 Å². The Morgan fingerprint density at radius 2 is 1.78 bits per heavy atom. The topological polar surface area (TPSA) is 55.1 Å². The molecule has 32 heavy (non-hydrogen) atoms. The van der Waals surface area contributed by atoms with Crippen LogP contribution in [-0.4, -0.2) is 20.4 Å². The van der Waals surface area contributed by atoms with E-state index in [0.29, 0.717) is 43.4 Å². The smallest absolute Gasteiger partial charge is 0.386 e. The minimum Gasteiger partial charge on any atom is -0.386 e. The number of aromatic nitrogens is 2. The van der Waals surface area contributed by atoms with E-state index in [-0.39, 0.29) is 28.3 Å². The van der Waals surface area contributed by atoms with Gasteiger partial charge in [0.25, 0.3) is 0 Å². The normalized spacial score (nSPS) is 15.9. The van der Waals surface area contributed by atoms with E-state index in [1.165, 1.54) is 13.8 Å². The Morgan fingerprint density at radius 1 is 1.12 bits per heavy atom. The molecule has 1 saturated carbocycles. The first-order valence-electron chi connectivity index (χ1n) is 11.5. The number of Topliss-reactive ketones (excluding diaryl/α,β-unsaturated/α-hetero) is 1. The van der Waals surface area contributed by atoms with Crippen LogP contribution in [0.4, 0.5) is 13.2 Å². The summed E-state index contributed by atoms with van der Waals surface area (Å²) in [6, 6.07) is 2.82. The van der Waals surface area contributed by atoms with Crippen molar-refractivity contribution in [1.29, 1.82) is 0 Å². The van der Waals surface area contributed by atoms with Crippen molar-refractivity contribution in [2.45, 2.75) is 104 Å². The number of nitrogens with zero attached hydrogens (tertiary/aromatic N) is 2. The average molecular weight is 453 g/mol. The molecule has 0 aliphatic heterocycles. The van der Waals surface area contributed by atoms with Gasteiger partial charge in [0.15, 0.2) is 0 Å². The molecule has 1 fully saturated rings. The van der Waals surface area contributed by atoms with Gasteiger partial charge in [0.1, 0.15) is 17.1 Å². The van der Waals surface area contributed by atoms with Crippen LogP contribution >= 0.6 is 0 Å². The van der Waals surface area contributed by atoms with Gasteiger partial charge in [0, 0.05) is 25.3 Å². The summed E-state index contributed by atoms with van der Waals surface area (Å²) in [5.41, 5.74) is -1.60. The van der Waals surface area contributed by atoms with Crippen LogP contribution in [-0.2, 0) is 23.0 Å². The van der Waals surface area contributed by atoms with Crippen LogP contribution in [0.1, 0.15) is 103 Å². The van der Waals surface area contributed by atoms with Crippen molar-refractivity contribution in [3.8, 4) is 0 Å². The highest BCUT2D eigenvalue weighted by Gasteiger charge is 2.37. The number of unbranched alkanes of at least 4 members (excludes halogenated alkanes) is 1. The number of benzene rings is 1. The number of aliphatic hydroxyl groups is 1. The number of fused-ring (bicyclic) bond motifs is 1. The van der Waals surface area contributed by atoms with E-state index in [1.807, 2.05) is 25.3 Å². The Kier molecular flexibility index (Phi) is 6.81. The number of aryl methyl sites for hydroxylation is 1. The molecular weight excluding hydrogens is 417 g/mol. The van der Waals surface area contributed by atoms with Crippen molar-refractivity contribution >= 4 is 16.8 Å². The SMILES string of the molecule is CC(C)(C)CC(=O)CCCCc1nc2c(C(F)(F)F)cc(C(C)(C)O)cc2n1C1CCC1. The van der Waals surface area contributed by atoms with Gasteiger partial charge in [0.2, 0.25) is 0 Å². The number of ketones is 1. The van der Waals surface area contributed by atoms with Crippen LogP contribution in [0.5, 0.6) is 0 Å². The molecule has 178 valence electrons. The number of carbonyl (C=O) groups excluding carboxylic acids is 1. The number of alkyl halides is 3. The van der Waals surface area contributed by atoms with Crippen LogP contribution in [0.2, 0.25) is 0 Å². The molecule has 0 atom stereocenters. The van der Waals surface area contributed by atoms with Gasteiger partial charge in [-0.15, -0.1) is 0 Å². The van der Waals surface area contributed by atoms with E-state index in [4.69, 9.17) is 0 Å². The van der Waals surface area contributed by atoms with E-state index < -0.39 is 17.3 Å². The summed E-state index contributed by atoms with van der Waals surface area (Å²) >= 11 is 0. The fraction of sp³-hybridized carbons (Fsp3) is 0.680. The first-order chi connectivity index (χ1) is 14.7. The molecule has 0 radical (unpaired) electrons. The van der Waals surface area contributed by atoms with Gasteiger partial charge in [0.05, 0.1) is 16.7 Å². The average Bonchev–Trinajstić information content (AvgIpc) is 2.91. The highest BCUT2D eigenvalue weighted by molar-refractivity contribution is 5.82. The molecule has 1 aliphatic carbocycles. The molecule has 1 aromatic carbocycles. The largest absolute Gasteiger partial charge is 0.418 e. The zero-order valence-corrected chi connectivity index (χ0v) is 19.8. The van der Waals surface area contributed by atoms with Crippen molar-refractivity contribution in [3.63, 3.8) is 0 Å². The number of rotatable bonds is 8. The van der Waals surface area contributed by atoms with Gasteiger partial charge >= 0.3 is 6.18 Å². The molecule has 3 rings (SSSR count). The van der Waals surface area contributed by atoms with Crippen LogP contribution in [0.3, 0.4) is 0 Å². The molecule has 7 heteroatoms. The molecule has 1 N–H and O–H groups in total. The molecule has 4 nitrogen and oxygen atoms in total. The fourth-order valence-corrected chi connectivity index (χ4v) is 4.33. The predicted octanol–water partition coefficient (Wildman–Crippen LogP) is 6.73.